The van der Waals surface area contributed by atoms with Crippen molar-refractivity contribution in [3.63, 3.8) is 0 Å². The number of nitrogens with one attached hydrogen (secondary N) is 3. The van der Waals surface area contributed by atoms with Crippen LogP contribution in [0, 0.1) is 11.7 Å². The SMILES string of the molecule is CN=C(NCC(=O)Nc1cccc(F)c1)NC(C)CCC(C)C.I. The third kappa shape index (κ3) is 9.69. The molecule has 0 spiro atoms. The van der Waals surface area contributed by atoms with E-state index in [0.29, 0.717) is 17.6 Å². The van der Waals surface area contributed by atoms with Gasteiger partial charge in [-0.1, -0.05) is 19.9 Å². The van der Waals surface area contributed by atoms with Gasteiger partial charge < -0.3 is 16.0 Å². The first kappa shape index (κ1) is 22.6. The molecule has 1 atom stereocenters. The molecule has 0 fully saturated rings. The van der Waals surface area contributed by atoms with Crippen LogP contribution in [0.3, 0.4) is 0 Å². The summed E-state index contributed by atoms with van der Waals surface area (Å²) in [7, 11) is 1.66. The van der Waals surface area contributed by atoms with Gasteiger partial charge in [-0.25, -0.2) is 4.39 Å². The summed E-state index contributed by atoms with van der Waals surface area (Å²) in [5.74, 6) is 0.600. The van der Waals surface area contributed by atoms with Gasteiger partial charge >= 0.3 is 0 Å². The third-order valence-electron chi connectivity index (χ3n) is 3.31. The molecule has 0 aliphatic rings. The minimum absolute atomic E-state index is 0. The molecule has 0 saturated carbocycles. The van der Waals surface area contributed by atoms with Gasteiger partial charge in [-0.3, -0.25) is 9.79 Å². The smallest absolute Gasteiger partial charge is 0.243 e. The number of amides is 1. The minimum atomic E-state index is -0.382. The Labute approximate surface area is 160 Å². The zero-order chi connectivity index (χ0) is 17.2. The molecule has 1 aromatic rings. The zero-order valence-electron chi connectivity index (χ0n) is 14.7. The van der Waals surface area contributed by atoms with Gasteiger partial charge in [0, 0.05) is 18.8 Å². The van der Waals surface area contributed by atoms with Gasteiger partial charge in [-0.05, 0) is 43.9 Å². The van der Waals surface area contributed by atoms with E-state index in [1.165, 1.54) is 12.1 Å². The number of rotatable bonds is 7. The van der Waals surface area contributed by atoms with Crippen LogP contribution < -0.4 is 16.0 Å². The molecule has 0 aromatic heterocycles. The molecular formula is C17H28FIN4O. The summed E-state index contributed by atoms with van der Waals surface area (Å²) in [4.78, 5) is 16.0. The fourth-order valence-corrected chi connectivity index (χ4v) is 2.02. The van der Waals surface area contributed by atoms with Gasteiger partial charge in [0.25, 0.3) is 0 Å². The summed E-state index contributed by atoms with van der Waals surface area (Å²) >= 11 is 0. The Morgan fingerprint density at radius 1 is 1.25 bits per heavy atom. The molecule has 0 aliphatic heterocycles. The summed E-state index contributed by atoms with van der Waals surface area (Å²) in [6.07, 6.45) is 2.17. The number of carbonyl (C=O) groups excluding carboxylic acids is 1. The number of carbonyl (C=O) groups is 1. The molecule has 1 aromatic carbocycles. The average Bonchev–Trinajstić information content (AvgIpc) is 2.49. The summed E-state index contributed by atoms with van der Waals surface area (Å²) in [5.41, 5.74) is 0.435. The normalized spacial score (nSPS) is 12.3. The monoisotopic (exact) mass is 450 g/mol. The summed E-state index contributed by atoms with van der Waals surface area (Å²) in [5, 5.41) is 8.84. The maximum Gasteiger partial charge on any atom is 0.243 e. The molecule has 0 radical (unpaired) electrons. The molecule has 1 amide bonds. The molecule has 24 heavy (non-hydrogen) atoms. The van der Waals surface area contributed by atoms with Crippen LogP contribution in [0.1, 0.15) is 33.6 Å². The first-order valence-corrected chi connectivity index (χ1v) is 7.93. The maximum absolute atomic E-state index is 13.1. The van der Waals surface area contributed by atoms with Crippen molar-refractivity contribution in [1.82, 2.24) is 10.6 Å². The summed E-state index contributed by atoms with van der Waals surface area (Å²) < 4.78 is 13.1. The molecule has 7 heteroatoms. The van der Waals surface area contributed by atoms with Crippen molar-refractivity contribution in [3.8, 4) is 0 Å². The first-order chi connectivity index (χ1) is 10.9. The lowest BCUT2D eigenvalue weighted by Gasteiger charge is -2.18. The van der Waals surface area contributed by atoms with E-state index in [2.05, 4.69) is 41.7 Å². The Morgan fingerprint density at radius 3 is 2.54 bits per heavy atom. The van der Waals surface area contributed by atoms with Gasteiger partial charge in [-0.15, -0.1) is 24.0 Å². The second-order valence-electron chi connectivity index (χ2n) is 6.00. The standard InChI is InChI=1S/C17H27FN4O.HI/c1-12(2)8-9-13(3)21-17(19-4)20-11-16(23)22-15-7-5-6-14(18)10-15;/h5-7,10,12-13H,8-9,11H2,1-4H3,(H,22,23)(H2,19,20,21);1H. The Balaban J connectivity index is 0.00000529. The molecule has 1 unspecified atom stereocenters. The number of hydrogen-bond acceptors (Lipinski definition) is 2. The predicted octanol–water partition coefficient (Wildman–Crippen LogP) is 3.37. The van der Waals surface area contributed by atoms with Crippen LogP contribution in [0.4, 0.5) is 10.1 Å². The summed E-state index contributed by atoms with van der Waals surface area (Å²) in [6.45, 7) is 6.53. The second-order valence-corrected chi connectivity index (χ2v) is 6.00. The highest BCUT2D eigenvalue weighted by Crippen LogP contribution is 2.08. The highest BCUT2D eigenvalue weighted by molar-refractivity contribution is 14.0. The Hall–Kier alpha value is -1.38. The van der Waals surface area contributed by atoms with Crippen LogP contribution in [0.2, 0.25) is 0 Å². The summed E-state index contributed by atoms with van der Waals surface area (Å²) in [6, 6.07) is 6.07. The van der Waals surface area contributed by atoms with Crippen LogP contribution >= 0.6 is 24.0 Å². The number of guanidine groups is 1. The van der Waals surface area contributed by atoms with E-state index in [1.807, 2.05) is 0 Å². The number of hydrogen-bond donors (Lipinski definition) is 3. The van der Waals surface area contributed by atoms with Crippen molar-refractivity contribution >= 4 is 41.5 Å². The molecule has 0 aliphatic carbocycles. The van der Waals surface area contributed by atoms with E-state index in [-0.39, 0.29) is 48.3 Å². The predicted molar refractivity (Wildman–Crippen MR) is 108 cm³/mol. The molecular weight excluding hydrogens is 422 g/mol. The average molecular weight is 450 g/mol. The Kier molecular flexibility index (Phi) is 11.4. The van der Waals surface area contributed by atoms with Crippen molar-refractivity contribution in [2.75, 3.05) is 18.9 Å². The Morgan fingerprint density at radius 2 is 1.96 bits per heavy atom. The van der Waals surface area contributed by atoms with Crippen molar-refractivity contribution in [2.24, 2.45) is 10.9 Å². The van der Waals surface area contributed by atoms with Gasteiger partial charge in [-0.2, -0.15) is 0 Å². The lowest BCUT2D eigenvalue weighted by molar-refractivity contribution is -0.115. The van der Waals surface area contributed by atoms with Gasteiger partial charge in [0.05, 0.1) is 6.54 Å². The fourth-order valence-electron chi connectivity index (χ4n) is 2.02. The van der Waals surface area contributed by atoms with Gasteiger partial charge in [0.1, 0.15) is 5.82 Å². The van der Waals surface area contributed by atoms with Crippen LogP contribution in [0.5, 0.6) is 0 Å². The molecule has 136 valence electrons. The van der Waals surface area contributed by atoms with E-state index in [9.17, 15) is 9.18 Å². The Bertz CT molecular complexity index is 537. The van der Waals surface area contributed by atoms with Crippen LogP contribution in [0.25, 0.3) is 0 Å². The molecule has 0 heterocycles. The number of nitrogens with zero attached hydrogens (tertiary/aromatic N) is 1. The highest BCUT2D eigenvalue weighted by Gasteiger charge is 2.08. The largest absolute Gasteiger partial charge is 0.354 e. The van der Waals surface area contributed by atoms with Crippen LogP contribution in [0.15, 0.2) is 29.3 Å². The number of halogens is 2. The molecule has 1 rings (SSSR count). The minimum Gasteiger partial charge on any atom is -0.354 e. The van der Waals surface area contributed by atoms with Crippen molar-refractivity contribution in [1.29, 1.82) is 0 Å². The van der Waals surface area contributed by atoms with E-state index in [1.54, 1.807) is 19.2 Å². The highest BCUT2D eigenvalue weighted by atomic mass is 127. The van der Waals surface area contributed by atoms with Crippen molar-refractivity contribution in [2.45, 2.75) is 39.7 Å². The molecule has 5 nitrogen and oxygen atoms in total. The first-order valence-electron chi connectivity index (χ1n) is 7.93. The van der Waals surface area contributed by atoms with Gasteiger partial charge in [0.2, 0.25) is 5.91 Å². The molecule has 0 saturated heterocycles. The maximum atomic E-state index is 13.1. The van der Waals surface area contributed by atoms with E-state index >= 15 is 0 Å². The van der Waals surface area contributed by atoms with E-state index < -0.39 is 0 Å². The fraction of sp³-hybridized carbons (Fsp3) is 0.529. The zero-order valence-corrected chi connectivity index (χ0v) is 17.1. The van der Waals surface area contributed by atoms with Crippen molar-refractivity contribution in [3.05, 3.63) is 30.1 Å². The molecule has 0 bridgehead atoms. The topological polar surface area (TPSA) is 65.5 Å². The van der Waals surface area contributed by atoms with Crippen LogP contribution in [-0.4, -0.2) is 31.5 Å². The quantitative estimate of drug-likeness (QED) is 0.339. The molecule has 3 N–H and O–H groups in total. The number of benzene rings is 1. The van der Waals surface area contributed by atoms with E-state index in [0.717, 1.165) is 12.8 Å². The van der Waals surface area contributed by atoms with E-state index in [4.69, 9.17) is 0 Å². The number of anilines is 1. The lowest BCUT2D eigenvalue weighted by atomic mass is 10.0. The third-order valence-corrected chi connectivity index (χ3v) is 3.31. The van der Waals surface area contributed by atoms with Crippen LogP contribution in [-0.2, 0) is 4.79 Å². The van der Waals surface area contributed by atoms with Crippen molar-refractivity contribution < 1.29 is 9.18 Å². The second kappa shape index (κ2) is 12.0. The lowest BCUT2D eigenvalue weighted by Crippen LogP contribution is -2.45. The van der Waals surface area contributed by atoms with Gasteiger partial charge in [0.15, 0.2) is 5.96 Å². The number of aliphatic imine (C=N–C) groups is 1.